The number of rotatable bonds is 8. The van der Waals surface area contributed by atoms with Gasteiger partial charge in [-0.25, -0.2) is 12.1 Å². The number of aliphatic hydroxyl groups is 1. The molecule has 0 amide bonds. The maximum absolute atomic E-state index is 9.69. The normalized spacial score (nSPS) is 14.1. The fourth-order valence-corrected chi connectivity index (χ4v) is 2.87. The maximum atomic E-state index is 9.69. The lowest BCUT2D eigenvalue weighted by Crippen LogP contribution is -2.28. The average Bonchev–Trinajstić information content (AvgIpc) is 3.03. The summed E-state index contributed by atoms with van der Waals surface area (Å²) in [5.41, 5.74) is 2.45. The van der Waals surface area contributed by atoms with Gasteiger partial charge in [0.2, 0.25) is 0 Å². The predicted molar refractivity (Wildman–Crippen MR) is 92.3 cm³/mol. The Morgan fingerprint density at radius 1 is 1.10 bits per heavy atom. The summed E-state index contributed by atoms with van der Waals surface area (Å²) < 4.78 is 1.16. The van der Waals surface area contributed by atoms with Crippen molar-refractivity contribution >= 4 is 22.6 Å². The fraction of sp³-hybridized carbons (Fsp3) is 0.353. The van der Waals surface area contributed by atoms with Gasteiger partial charge in [-0.3, -0.25) is 0 Å². The number of hydrogen-bond donors (Lipinski definition) is 2. The van der Waals surface area contributed by atoms with E-state index in [9.17, 15) is 5.11 Å². The molecule has 2 rings (SSSR count). The molecule has 20 heavy (non-hydrogen) atoms. The minimum absolute atomic E-state index is 0.00897. The van der Waals surface area contributed by atoms with E-state index in [-0.39, 0.29) is 12.6 Å². The third kappa shape index (κ3) is 4.36. The number of halogens is 1. The van der Waals surface area contributed by atoms with Crippen LogP contribution in [0.2, 0.25) is 0 Å². The van der Waals surface area contributed by atoms with Gasteiger partial charge in [-0.1, -0.05) is 52.9 Å². The highest BCUT2D eigenvalue weighted by molar-refractivity contribution is 14.1. The molecule has 2 aromatic carbocycles. The molecule has 0 unspecified atom stereocenters. The summed E-state index contributed by atoms with van der Waals surface area (Å²) in [4.78, 5) is 0. The quantitative estimate of drug-likeness (QED) is 0.411. The van der Waals surface area contributed by atoms with Crippen LogP contribution in [0.25, 0.3) is 0 Å². The summed E-state index contributed by atoms with van der Waals surface area (Å²) in [6.07, 6.45) is 2.27. The number of aliphatic hydroxyl groups excluding tert-OH is 1. The van der Waals surface area contributed by atoms with Crippen LogP contribution in [0.3, 0.4) is 0 Å². The summed E-state index contributed by atoms with van der Waals surface area (Å²) in [6.45, 7) is 0.117. The van der Waals surface area contributed by atoms with Crippen molar-refractivity contribution in [1.29, 1.82) is 0 Å². The molecule has 0 saturated heterocycles. The van der Waals surface area contributed by atoms with E-state index in [0.29, 0.717) is 6.04 Å². The second-order valence-electron chi connectivity index (χ2n) is 4.91. The minimum Gasteiger partial charge on any atom is -0.394 e. The van der Waals surface area contributed by atoms with Crippen LogP contribution in [-0.2, 0) is 0 Å². The Bertz CT molecular complexity index is 469. The van der Waals surface area contributed by atoms with Crippen molar-refractivity contribution in [2.45, 2.75) is 24.9 Å². The van der Waals surface area contributed by atoms with Gasteiger partial charge in [0.1, 0.15) is 0 Å². The Morgan fingerprint density at radius 3 is 2.50 bits per heavy atom. The van der Waals surface area contributed by atoms with Crippen molar-refractivity contribution in [3.8, 4) is 0 Å². The van der Waals surface area contributed by atoms with Crippen LogP contribution in [0.1, 0.15) is 36.1 Å². The first-order chi connectivity index (χ1) is 9.85. The molecule has 3 heteroatoms. The SMILES string of the molecule is OC[C@H](N[C@H](CCCI)c1ccc[cH-]1)c1ccccc1. The Morgan fingerprint density at radius 2 is 1.90 bits per heavy atom. The van der Waals surface area contributed by atoms with Gasteiger partial charge in [0.25, 0.3) is 0 Å². The standard InChI is InChI=1S/C17H21INO/c18-12-6-11-16(14-9-4-5-10-14)19-17(13-20)15-7-2-1-3-8-15/h1-5,7-10,16-17,19-20H,6,11-13H2/q-1/t16-,17+/m1/s1. The summed E-state index contributed by atoms with van der Waals surface area (Å²) >= 11 is 2.42. The van der Waals surface area contributed by atoms with E-state index in [0.717, 1.165) is 16.4 Å². The summed E-state index contributed by atoms with van der Waals surface area (Å²) in [5.74, 6) is 0. The van der Waals surface area contributed by atoms with Gasteiger partial charge in [-0.2, -0.15) is 17.7 Å². The molecule has 2 nitrogen and oxygen atoms in total. The smallest absolute Gasteiger partial charge is 0.0626 e. The molecule has 0 aliphatic rings. The molecule has 0 fully saturated rings. The fourth-order valence-electron chi connectivity index (χ4n) is 2.43. The van der Waals surface area contributed by atoms with Gasteiger partial charge in [-0.15, -0.1) is 0 Å². The van der Waals surface area contributed by atoms with Crippen LogP contribution in [0.4, 0.5) is 0 Å². The van der Waals surface area contributed by atoms with Crippen LogP contribution < -0.4 is 5.32 Å². The lowest BCUT2D eigenvalue weighted by atomic mass is 10.0. The minimum atomic E-state index is -0.00897. The topological polar surface area (TPSA) is 32.3 Å². The molecule has 0 radical (unpaired) electrons. The second kappa shape index (κ2) is 8.49. The Balaban J connectivity index is 2.09. The Kier molecular flexibility index (Phi) is 6.63. The third-order valence-electron chi connectivity index (χ3n) is 3.50. The van der Waals surface area contributed by atoms with Crippen molar-refractivity contribution < 1.29 is 5.11 Å². The lowest BCUT2D eigenvalue weighted by Gasteiger charge is -2.27. The van der Waals surface area contributed by atoms with Crippen LogP contribution in [-0.4, -0.2) is 16.1 Å². The van der Waals surface area contributed by atoms with Gasteiger partial charge >= 0.3 is 0 Å². The van der Waals surface area contributed by atoms with E-state index in [1.807, 2.05) is 18.2 Å². The zero-order valence-electron chi connectivity index (χ0n) is 11.5. The number of benzene rings is 1. The molecule has 0 bridgehead atoms. The molecule has 0 heterocycles. The highest BCUT2D eigenvalue weighted by Gasteiger charge is 2.15. The highest BCUT2D eigenvalue weighted by Crippen LogP contribution is 2.24. The molecule has 108 valence electrons. The molecule has 0 aliphatic heterocycles. The van der Waals surface area contributed by atoms with Gasteiger partial charge in [0.05, 0.1) is 12.6 Å². The molecule has 0 saturated carbocycles. The number of nitrogens with one attached hydrogen (secondary N) is 1. The van der Waals surface area contributed by atoms with Gasteiger partial charge in [-0.05, 0) is 22.8 Å². The predicted octanol–water partition coefficient (Wildman–Crippen LogP) is 3.99. The van der Waals surface area contributed by atoms with E-state index in [4.69, 9.17) is 0 Å². The number of hydrogen-bond acceptors (Lipinski definition) is 2. The van der Waals surface area contributed by atoms with E-state index in [2.05, 4.69) is 64.3 Å². The van der Waals surface area contributed by atoms with Gasteiger partial charge < -0.3 is 10.4 Å². The molecule has 2 N–H and O–H groups in total. The summed E-state index contributed by atoms with van der Waals surface area (Å²) in [7, 11) is 0. The zero-order chi connectivity index (χ0) is 14.2. The largest absolute Gasteiger partial charge is 0.394 e. The summed E-state index contributed by atoms with van der Waals surface area (Å²) in [6, 6.07) is 18.9. The number of alkyl halides is 1. The summed E-state index contributed by atoms with van der Waals surface area (Å²) in [5, 5.41) is 13.3. The second-order valence-corrected chi connectivity index (χ2v) is 5.99. The van der Waals surface area contributed by atoms with Crippen molar-refractivity contribution in [3.63, 3.8) is 0 Å². The van der Waals surface area contributed by atoms with Crippen LogP contribution in [0.5, 0.6) is 0 Å². The first kappa shape index (κ1) is 15.6. The Hall–Kier alpha value is -0.780. The van der Waals surface area contributed by atoms with E-state index in [1.54, 1.807) is 0 Å². The molecule has 0 aliphatic carbocycles. The van der Waals surface area contributed by atoms with E-state index in [1.165, 1.54) is 12.0 Å². The lowest BCUT2D eigenvalue weighted by molar-refractivity contribution is 0.230. The van der Waals surface area contributed by atoms with Crippen molar-refractivity contribution in [3.05, 3.63) is 65.7 Å². The van der Waals surface area contributed by atoms with Crippen molar-refractivity contribution in [2.75, 3.05) is 11.0 Å². The van der Waals surface area contributed by atoms with Crippen LogP contribution in [0, 0.1) is 0 Å². The average molecular weight is 382 g/mol. The van der Waals surface area contributed by atoms with Gasteiger partial charge in [0.15, 0.2) is 0 Å². The monoisotopic (exact) mass is 382 g/mol. The van der Waals surface area contributed by atoms with Crippen molar-refractivity contribution in [2.24, 2.45) is 0 Å². The molecular formula is C17H21INO-. The van der Waals surface area contributed by atoms with E-state index < -0.39 is 0 Å². The van der Waals surface area contributed by atoms with E-state index >= 15 is 0 Å². The van der Waals surface area contributed by atoms with Crippen LogP contribution >= 0.6 is 22.6 Å². The molecule has 2 aromatic rings. The first-order valence-electron chi connectivity index (χ1n) is 7.04. The first-order valence-corrected chi connectivity index (χ1v) is 8.57. The molecule has 2 atom stereocenters. The highest BCUT2D eigenvalue weighted by atomic mass is 127. The van der Waals surface area contributed by atoms with Gasteiger partial charge in [0, 0.05) is 6.04 Å². The molecule has 0 spiro atoms. The third-order valence-corrected chi connectivity index (χ3v) is 4.27. The zero-order valence-corrected chi connectivity index (χ0v) is 13.7. The van der Waals surface area contributed by atoms with Crippen molar-refractivity contribution in [1.82, 2.24) is 5.32 Å². The maximum Gasteiger partial charge on any atom is 0.0626 e. The van der Waals surface area contributed by atoms with Crippen LogP contribution in [0.15, 0.2) is 54.6 Å². The Labute approximate surface area is 134 Å². The molecular weight excluding hydrogens is 361 g/mol. The molecule has 0 aromatic heterocycles.